The molecule has 94 valence electrons. The maximum atomic E-state index is 11.6. The van der Waals surface area contributed by atoms with Crippen molar-refractivity contribution in [2.75, 3.05) is 0 Å². The summed E-state index contributed by atoms with van der Waals surface area (Å²) in [7, 11) is 0. The van der Waals surface area contributed by atoms with Gasteiger partial charge in [0.05, 0.1) is 0 Å². The Morgan fingerprint density at radius 3 is 1.44 bits per heavy atom. The van der Waals surface area contributed by atoms with Crippen LogP contribution < -0.4 is 0 Å². The first-order valence-corrected chi connectivity index (χ1v) is 6.46. The second kappa shape index (κ2) is 6.67. The van der Waals surface area contributed by atoms with Gasteiger partial charge in [-0.1, -0.05) is 0 Å². The number of rotatable bonds is 2. The van der Waals surface area contributed by atoms with Crippen LogP contribution in [0, 0.1) is 0 Å². The van der Waals surface area contributed by atoms with Crippen molar-refractivity contribution in [2.24, 2.45) is 0 Å². The Morgan fingerprint density at radius 2 is 1.22 bits per heavy atom. The minimum Gasteiger partial charge on any atom is -0.473 e. The van der Waals surface area contributed by atoms with Gasteiger partial charge < -0.3 is 10.2 Å². The van der Waals surface area contributed by atoms with Gasteiger partial charge in [0.25, 0.3) is 0 Å². The number of hydrogen-bond acceptors (Lipinski definition) is 5. The van der Waals surface area contributed by atoms with Gasteiger partial charge in [0.1, 0.15) is 0 Å². The molecule has 2 aromatic heterocycles. The highest BCUT2D eigenvalue weighted by Crippen LogP contribution is 2.14. The summed E-state index contributed by atoms with van der Waals surface area (Å²) in [6.07, 6.45) is 0. The molecule has 2 rings (SSSR count). The van der Waals surface area contributed by atoms with Crippen molar-refractivity contribution in [1.82, 2.24) is 0 Å². The predicted octanol–water partition coefficient (Wildman–Crippen LogP) is 2.20. The Labute approximate surface area is 110 Å². The second-order valence-electron chi connectivity index (χ2n) is 2.96. The minimum atomic E-state index is -1.82. The number of carboxylic acids is 2. The summed E-state index contributed by atoms with van der Waals surface area (Å²) in [6, 6.07) is 3.70. The largest absolute Gasteiger partial charge is 0.473 e. The van der Waals surface area contributed by atoms with Crippen LogP contribution >= 0.6 is 22.7 Å². The molecule has 0 aromatic carbocycles. The molecule has 0 radical (unpaired) electrons. The van der Waals surface area contributed by atoms with E-state index in [-0.39, 0.29) is 5.78 Å². The van der Waals surface area contributed by atoms with Crippen molar-refractivity contribution in [2.45, 2.75) is 0 Å². The highest BCUT2D eigenvalue weighted by Gasteiger charge is 2.08. The van der Waals surface area contributed by atoms with Crippen molar-refractivity contribution in [3.8, 4) is 0 Å². The van der Waals surface area contributed by atoms with Crippen LogP contribution in [0.3, 0.4) is 0 Å². The van der Waals surface area contributed by atoms with Crippen LogP contribution in [-0.4, -0.2) is 27.9 Å². The number of hydrogen-bond donors (Lipinski definition) is 2. The molecular formula is C11H8O5S2. The van der Waals surface area contributed by atoms with E-state index in [4.69, 9.17) is 19.8 Å². The van der Waals surface area contributed by atoms with Crippen LogP contribution in [0.5, 0.6) is 0 Å². The molecule has 2 heterocycles. The number of carbonyl (C=O) groups is 3. The van der Waals surface area contributed by atoms with Gasteiger partial charge in [0.15, 0.2) is 5.78 Å². The predicted molar refractivity (Wildman–Crippen MR) is 67.3 cm³/mol. The third-order valence-electron chi connectivity index (χ3n) is 1.75. The molecule has 0 fully saturated rings. The molecular weight excluding hydrogens is 276 g/mol. The highest BCUT2D eigenvalue weighted by molar-refractivity contribution is 7.08. The van der Waals surface area contributed by atoms with E-state index < -0.39 is 11.9 Å². The molecule has 0 aliphatic rings. The molecule has 0 aliphatic carbocycles. The standard InChI is InChI=1S/C9H6OS2.C2H2O4/c10-9(7-1-3-11-5-7)8-2-4-12-6-8;3-1(4)2(5)6/h1-6H;(H,3,4)(H,5,6). The van der Waals surface area contributed by atoms with Crippen molar-refractivity contribution in [3.63, 3.8) is 0 Å². The van der Waals surface area contributed by atoms with Crippen LogP contribution in [0.4, 0.5) is 0 Å². The monoisotopic (exact) mass is 284 g/mol. The molecule has 0 spiro atoms. The molecule has 0 amide bonds. The second-order valence-corrected chi connectivity index (χ2v) is 4.52. The lowest BCUT2D eigenvalue weighted by Gasteiger charge is -1.90. The van der Waals surface area contributed by atoms with Gasteiger partial charge in [-0.05, 0) is 22.9 Å². The van der Waals surface area contributed by atoms with Gasteiger partial charge >= 0.3 is 11.9 Å². The number of ketones is 1. The lowest BCUT2D eigenvalue weighted by Crippen LogP contribution is -2.09. The van der Waals surface area contributed by atoms with E-state index in [1.165, 1.54) is 0 Å². The van der Waals surface area contributed by atoms with E-state index in [2.05, 4.69) is 0 Å². The van der Waals surface area contributed by atoms with Crippen LogP contribution in [0.25, 0.3) is 0 Å². The SMILES string of the molecule is O=C(O)C(=O)O.O=C(c1ccsc1)c1ccsc1. The van der Waals surface area contributed by atoms with E-state index in [9.17, 15) is 4.79 Å². The molecule has 0 bridgehead atoms. The van der Waals surface area contributed by atoms with E-state index in [0.717, 1.165) is 11.1 Å². The van der Waals surface area contributed by atoms with Crippen molar-refractivity contribution in [3.05, 3.63) is 44.8 Å². The maximum absolute atomic E-state index is 11.6. The molecule has 18 heavy (non-hydrogen) atoms. The fraction of sp³-hybridized carbons (Fsp3) is 0. The zero-order chi connectivity index (χ0) is 13.5. The summed E-state index contributed by atoms with van der Waals surface area (Å²) in [4.78, 5) is 29.8. The molecule has 0 unspecified atom stereocenters. The highest BCUT2D eigenvalue weighted by atomic mass is 32.1. The summed E-state index contributed by atoms with van der Waals surface area (Å²) < 4.78 is 0. The zero-order valence-electron chi connectivity index (χ0n) is 8.90. The van der Waals surface area contributed by atoms with Gasteiger partial charge in [0.2, 0.25) is 0 Å². The number of carboxylic acid groups (broad SMARTS) is 2. The van der Waals surface area contributed by atoms with Crippen molar-refractivity contribution < 1.29 is 24.6 Å². The average molecular weight is 284 g/mol. The third kappa shape index (κ3) is 4.11. The number of aliphatic carboxylic acids is 2. The van der Waals surface area contributed by atoms with E-state index in [1.54, 1.807) is 22.7 Å². The maximum Gasteiger partial charge on any atom is 0.414 e. The Bertz CT molecular complexity index is 480. The van der Waals surface area contributed by atoms with Gasteiger partial charge in [-0.2, -0.15) is 22.7 Å². The van der Waals surface area contributed by atoms with Crippen LogP contribution in [-0.2, 0) is 9.59 Å². The van der Waals surface area contributed by atoms with Gasteiger partial charge in [0, 0.05) is 21.9 Å². The summed E-state index contributed by atoms with van der Waals surface area (Å²) in [6.45, 7) is 0. The normalized spacial score (nSPS) is 9.11. The van der Waals surface area contributed by atoms with Crippen LogP contribution in [0.15, 0.2) is 33.7 Å². The van der Waals surface area contributed by atoms with Crippen molar-refractivity contribution >= 4 is 40.4 Å². The van der Waals surface area contributed by atoms with Gasteiger partial charge in [-0.25, -0.2) is 9.59 Å². The minimum absolute atomic E-state index is 0.123. The van der Waals surface area contributed by atoms with Crippen molar-refractivity contribution in [1.29, 1.82) is 0 Å². The first-order valence-electron chi connectivity index (χ1n) is 4.57. The lowest BCUT2D eigenvalue weighted by atomic mass is 10.1. The van der Waals surface area contributed by atoms with E-state index in [0.29, 0.717) is 0 Å². The van der Waals surface area contributed by atoms with Crippen LogP contribution in [0.2, 0.25) is 0 Å². The quantitative estimate of drug-likeness (QED) is 0.651. The summed E-state index contributed by atoms with van der Waals surface area (Å²) in [5, 5.41) is 22.4. The molecule has 2 aromatic rings. The Kier molecular flexibility index (Phi) is 5.22. The smallest absolute Gasteiger partial charge is 0.414 e. The zero-order valence-corrected chi connectivity index (χ0v) is 10.5. The Hall–Kier alpha value is -1.99. The first-order chi connectivity index (χ1) is 8.52. The molecule has 2 N–H and O–H groups in total. The lowest BCUT2D eigenvalue weighted by molar-refractivity contribution is -0.159. The molecule has 0 saturated heterocycles. The Balaban J connectivity index is 0.000000232. The average Bonchev–Trinajstić information content (AvgIpc) is 3.02. The summed E-state index contributed by atoms with van der Waals surface area (Å²) in [5.41, 5.74) is 1.58. The Morgan fingerprint density at radius 1 is 0.833 bits per heavy atom. The molecule has 5 nitrogen and oxygen atoms in total. The molecule has 0 atom stereocenters. The van der Waals surface area contributed by atoms with Gasteiger partial charge in [-0.15, -0.1) is 0 Å². The fourth-order valence-electron chi connectivity index (χ4n) is 0.954. The molecule has 0 aliphatic heterocycles. The third-order valence-corrected chi connectivity index (χ3v) is 3.12. The first kappa shape index (κ1) is 14.1. The van der Waals surface area contributed by atoms with E-state index in [1.807, 2.05) is 33.7 Å². The van der Waals surface area contributed by atoms with E-state index >= 15 is 0 Å². The molecule has 7 heteroatoms. The fourth-order valence-corrected chi connectivity index (χ4v) is 2.23. The summed E-state index contributed by atoms with van der Waals surface area (Å²) >= 11 is 3.10. The number of thiophene rings is 2. The van der Waals surface area contributed by atoms with Gasteiger partial charge in [-0.3, -0.25) is 4.79 Å². The number of carbonyl (C=O) groups excluding carboxylic acids is 1. The molecule has 0 saturated carbocycles. The summed E-state index contributed by atoms with van der Waals surface area (Å²) in [5.74, 6) is -3.53. The topological polar surface area (TPSA) is 91.7 Å². The van der Waals surface area contributed by atoms with Crippen LogP contribution in [0.1, 0.15) is 15.9 Å².